The van der Waals surface area contributed by atoms with Crippen LogP contribution in [0.1, 0.15) is 48.5 Å². The van der Waals surface area contributed by atoms with Crippen molar-refractivity contribution in [1.82, 2.24) is 0 Å². The van der Waals surface area contributed by atoms with Crippen LogP contribution in [0.15, 0.2) is 11.4 Å². The molecule has 0 bridgehead atoms. The van der Waals surface area contributed by atoms with Crippen molar-refractivity contribution in [2.45, 2.75) is 56.1 Å². The van der Waals surface area contributed by atoms with E-state index in [9.17, 15) is 0 Å². The molecule has 116 valence electrons. The molecule has 3 heterocycles. The van der Waals surface area contributed by atoms with Crippen LogP contribution in [0.4, 0.5) is 0 Å². The van der Waals surface area contributed by atoms with Gasteiger partial charge in [0.05, 0.1) is 5.60 Å². The highest BCUT2D eigenvalue weighted by Crippen LogP contribution is 2.45. The SMILES string of the molecule is NC(C1CCOC2(CCSC2)C1)C1CCCc2sccc21. The summed E-state index contributed by atoms with van der Waals surface area (Å²) in [4.78, 5) is 1.60. The summed E-state index contributed by atoms with van der Waals surface area (Å²) in [6.07, 6.45) is 7.45. The zero-order valence-electron chi connectivity index (χ0n) is 12.6. The number of thioether (sulfide) groups is 1. The van der Waals surface area contributed by atoms with Crippen LogP contribution in [0.5, 0.6) is 0 Å². The van der Waals surface area contributed by atoms with Gasteiger partial charge in [-0.25, -0.2) is 0 Å². The number of hydrogen-bond acceptors (Lipinski definition) is 4. The van der Waals surface area contributed by atoms with Crippen LogP contribution in [-0.2, 0) is 11.2 Å². The van der Waals surface area contributed by atoms with Crippen LogP contribution < -0.4 is 5.73 Å². The van der Waals surface area contributed by atoms with Gasteiger partial charge in [0.25, 0.3) is 0 Å². The highest BCUT2D eigenvalue weighted by atomic mass is 32.2. The number of ether oxygens (including phenoxy) is 1. The summed E-state index contributed by atoms with van der Waals surface area (Å²) in [5.41, 5.74) is 8.52. The fourth-order valence-electron chi connectivity index (χ4n) is 4.51. The highest BCUT2D eigenvalue weighted by molar-refractivity contribution is 7.99. The predicted molar refractivity (Wildman–Crippen MR) is 91.3 cm³/mol. The molecule has 21 heavy (non-hydrogen) atoms. The lowest BCUT2D eigenvalue weighted by atomic mass is 9.73. The fraction of sp³-hybridized carbons (Fsp3) is 0.765. The lowest BCUT2D eigenvalue weighted by Crippen LogP contribution is -2.47. The topological polar surface area (TPSA) is 35.2 Å². The minimum atomic E-state index is 0.164. The molecule has 2 N–H and O–H groups in total. The maximum absolute atomic E-state index is 6.79. The van der Waals surface area contributed by atoms with Crippen molar-refractivity contribution < 1.29 is 4.74 Å². The van der Waals surface area contributed by atoms with Crippen LogP contribution in [0, 0.1) is 5.92 Å². The Morgan fingerprint density at radius 2 is 2.33 bits per heavy atom. The molecule has 1 aromatic rings. The van der Waals surface area contributed by atoms with Gasteiger partial charge >= 0.3 is 0 Å². The van der Waals surface area contributed by atoms with Gasteiger partial charge in [0, 0.05) is 29.2 Å². The predicted octanol–water partition coefficient (Wildman–Crippen LogP) is 3.80. The first-order valence-electron chi connectivity index (χ1n) is 8.31. The molecule has 1 aromatic heterocycles. The van der Waals surface area contributed by atoms with E-state index >= 15 is 0 Å². The third-order valence-corrected chi connectivity index (χ3v) is 7.93. The Kier molecular flexibility index (Phi) is 4.07. The lowest BCUT2D eigenvalue weighted by Gasteiger charge is -2.42. The Morgan fingerprint density at radius 3 is 3.19 bits per heavy atom. The lowest BCUT2D eigenvalue weighted by molar-refractivity contribution is -0.0846. The van der Waals surface area contributed by atoms with Crippen LogP contribution in [0.2, 0.25) is 0 Å². The monoisotopic (exact) mass is 323 g/mol. The molecule has 2 fully saturated rings. The Labute approximate surface area is 135 Å². The van der Waals surface area contributed by atoms with E-state index in [2.05, 4.69) is 23.2 Å². The minimum Gasteiger partial charge on any atom is -0.374 e. The third kappa shape index (κ3) is 2.69. The number of rotatable bonds is 2. The molecule has 3 aliphatic rings. The molecule has 2 saturated heterocycles. The summed E-state index contributed by atoms with van der Waals surface area (Å²) in [6, 6.07) is 2.66. The molecule has 4 unspecified atom stereocenters. The average Bonchev–Trinajstić information content (AvgIpc) is 3.15. The number of fused-ring (bicyclic) bond motifs is 1. The van der Waals surface area contributed by atoms with Crippen molar-refractivity contribution in [3.05, 3.63) is 21.9 Å². The quantitative estimate of drug-likeness (QED) is 0.899. The maximum atomic E-state index is 6.79. The third-order valence-electron chi connectivity index (χ3n) is 5.71. The van der Waals surface area contributed by atoms with Gasteiger partial charge < -0.3 is 10.5 Å². The van der Waals surface area contributed by atoms with Gasteiger partial charge in [-0.2, -0.15) is 11.8 Å². The Hall–Kier alpha value is -0.0300. The summed E-state index contributed by atoms with van der Waals surface area (Å²) < 4.78 is 6.17. The van der Waals surface area contributed by atoms with E-state index in [1.165, 1.54) is 43.6 Å². The van der Waals surface area contributed by atoms with E-state index in [-0.39, 0.29) is 5.60 Å². The van der Waals surface area contributed by atoms with Crippen molar-refractivity contribution in [3.8, 4) is 0 Å². The van der Waals surface area contributed by atoms with Crippen LogP contribution in [0.25, 0.3) is 0 Å². The number of thiophene rings is 1. The molecule has 2 nitrogen and oxygen atoms in total. The van der Waals surface area contributed by atoms with Gasteiger partial charge in [0.15, 0.2) is 0 Å². The van der Waals surface area contributed by atoms with Crippen molar-refractivity contribution in [2.75, 3.05) is 18.1 Å². The zero-order chi connectivity index (χ0) is 14.3. The highest BCUT2D eigenvalue weighted by Gasteiger charge is 2.43. The Bertz CT molecular complexity index is 495. The second kappa shape index (κ2) is 5.88. The summed E-state index contributed by atoms with van der Waals surface area (Å²) in [5, 5.41) is 2.26. The van der Waals surface area contributed by atoms with Gasteiger partial charge in [-0.3, -0.25) is 0 Å². The maximum Gasteiger partial charge on any atom is 0.0783 e. The second-order valence-electron chi connectivity index (χ2n) is 6.96. The van der Waals surface area contributed by atoms with E-state index in [1.54, 1.807) is 10.4 Å². The van der Waals surface area contributed by atoms with E-state index in [1.807, 2.05) is 11.3 Å². The molecule has 1 spiro atoms. The first-order chi connectivity index (χ1) is 10.3. The molecule has 0 aromatic carbocycles. The molecule has 1 aliphatic carbocycles. The first-order valence-corrected chi connectivity index (χ1v) is 10.3. The van der Waals surface area contributed by atoms with Gasteiger partial charge in [0.2, 0.25) is 0 Å². The normalized spacial score (nSPS) is 37.6. The summed E-state index contributed by atoms with van der Waals surface area (Å²) in [7, 11) is 0. The van der Waals surface area contributed by atoms with Crippen molar-refractivity contribution in [2.24, 2.45) is 11.7 Å². The second-order valence-corrected chi connectivity index (χ2v) is 9.07. The number of hydrogen-bond donors (Lipinski definition) is 1. The molecule has 4 rings (SSSR count). The minimum absolute atomic E-state index is 0.164. The standard InChI is InChI=1S/C17H25NOS2/c18-16(14-2-1-3-15-13(14)5-8-21-15)12-4-7-19-17(10-12)6-9-20-11-17/h5,8,12,14,16H,1-4,6-7,9-11,18H2. The fourth-order valence-corrected chi connectivity index (χ4v) is 6.88. The van der Waals surface area contributed by atoms with E-state index in [0.717, 1.165) is 13.0 Å². The summed E-state index contributed by atoms with van der Waals surface area (Å²) in [6.45, 7) is 0.919. The van der Waals surface area contributed by atoms with Crippen LogP contribution in [-0.4, -0.2) is 29.8 Å². The Balaban J connectivity index is 1.51. The van der Waals surface area contributed by atoms with E-state index in [4.69, 9.17) is 10.5 Å². The van der Waals surface area contributed by atoms with E-state index in [0.29, 0.717) is 17.9 Å². The smallest absolute Gasteiger partial charge is 0.0783 e. The van der Waals surface area contributed by atoms with Crippen LogP contribution >= 0.6 is 23.1 Å². The summed E-state index contributed by atoms with van der Waals surface area (Å²) in [5.74, 6) is 3.69. The molecular weight excluding hydrogens is 298 g/mol. The Morgan fingerprint density at radius 1 is 1.38 bits per heavy atom. The van der Waals surface area contributed by atoms with Crippen molar-refractivity contribution in [3.63, 3.8) is 0 Å². The zero-order valence-corrected chi connectivity index (χ0v) is 14.2. The molecule has 0 amide bonds. The van der Waals surface area contributed by atoms with Gasteiger partial charge in [-0.05, 0) is 67.2 Å². The molecule has 0 saturated carbocycles. The van der Waals surface area contributed by atoms with Crippen molar-refractivity contribution in [1.29, 1.82) is 0 Å². The largest absolute Gasteiger partial charge is 0.374 e. The molecule has 0 radical (unpaired) electrons. The number of nitrogens with two attached hydrogens (primary N) is 1. The van der Waals surface area contributed by atoms with E-state index < -0.39 is 0 Å². The molecule has 2 aliphatic heterocycles. The van der Waals surface area contributed by atoms with Gasteiger partial charge in [-0.15, -0.1) is 11.3 Å². The molecule has 4 atom stereocenters. The first kappa shape index (κ1) is 14.6. The average molecular weight is 324 g/mol. The van der Waals surface area contributed by atoms with Crippen molar-refractivity contribution >= 4 is 23.1 Å². The summed E-state index contributed by atoms with van der Waals surface area (Å²) >= 11 is 3.98. The molecular formula is C17H25NOS2. The number of aryl methyl sites for hydroxylation is 1. The van der Waals surface area contributed by atoms with Gasteiger partial charge in [0.1, 0.15) is 0 Å². The van der Waals surface area contributed by atoms with Crippen LogP contribution in [0.3, 0.4) is 0 Å². The van der Waals surface area contributed by atoms with Gasteiger partial charge in [-0.1, -0.05) is 0 Å². The molecule has 4 heteroatoms.